The van der Waals surface area contributed by atoms with E-state index in [2.05, 4.69) is 15.9 Å². The SMILES string of the molecule is CCC(=Cc1cccc(Br)c1F)C(=O)O. The van der Waals surface area contributed by atoms with Gasteiger partial charge in [-0.25, -0.2) is 9.18 Å². The third-order valence-corrected chi connectivity index (χ3v) is 2.58. The van der Waals surface area contributed by atoms with Crippen LogP contribution in [0.5, 0.6) is 0 Å². The van der Waals surface area contributed by atoms with Crippen molar-refractivity contribution >= 4 is 28.0 Å². The zero-order valence-electron chi connectivity index (χ0n) is 8.13. The Bertz CT molecular complexity index is 413. The molecule has 1 N–H and O–H groups in total. The first-order chi connectivity index (χ1) is 7.06. The summed E-state index contributed by atoms with van der Waals surface area (Å²) < 4.78 is 13.8. The summed E-state index contributed by atoms with van der Waals surface area (Å²) in [4.78, 5) is 10.7. The lowest BCUT2D eigenvalue weighted by atomic mass is 10.1. The van der Waals surface area contributed by atoms with Crippen LogP contribution in [0, 0.1) is 5.82 Å². The highest BCUT2D eigenvalue weighted by molar-refractivity contribution is 9.10. The molecule has 0 unspecified atom stereocenters. The van der Waals surface area contributed by atoms with Gasteiger partial charge in [-0.1, -0.05) is 19.1 Å². The molecule has 0 spiro atoms. The molecular weight excluding hydrogens is 263 g/mol. The standard InChI is InChI=1S/C11H10BrFO2/c1-2-7(11(14)15)6-8-4-3-5-9(12)10(8)13/h3-6H,2H2,1H3,(H,14,15). The van der Waals surface area contributed by atoms with E-state index in [1.165, 1.54) is 6.08 Å². The number of aliphatic carboxylic acids is 1. The minimum absolute atomic E-state index is 0.187. The molecule has 0 bridgehead atoms. The zero-order valence-corrected chi connectivity index (χ0v) is 9.71. The van der Waals surface area contributed by atoms with E-state index in [4.69, 9.17) is 5.11 Å². The monoisotopic (exact) mass is 272 g/mol. The van der Waals surface area contributed by atoms with Gasteiger partial charge in [0.25, 0.3) is 0 Å². The molecule has 80 valence electrons. The second-order valence-corrected chi connectivity index (χ2v) is 3.83. The predicted molar refractivity (Wildman–Crippen MR) is 60.0 cm³/mol. The van der Waals surface area contributed by atoms with Gasteiger partial charge in [0, 0.05) is 11.1 Å². The molecule has 1 aromatic rings. The van der Waals surface area contributed by atoms with E-state index in [1.807, 2.05) is 0 Å². The third kappa shape index (κ3) is 2.89. The van der Waals surface area contributed by atoms with Crippen LogP contribution in [-0.2, 0) is 4.79 Å². The molecule has 1 rings (SSSR count). The lowest BCUT2D eigenvalue weighted by molar-refractivity contribution is -0.132. The van der Waals surface area contributed by atoms with Gasteiger partial charge < -0.3 is 5.11 Å². The third-order valence-electron chi connectivity index (χ3n) is 1.97. The number of hydrogen-bond acceptors (Lipinski definition) is 1. The van der Waals surface area contributed by atoms with Gasteiger partial charge in [0.05, 0.1) is 4.47 Å². The van der Waals surface area contributed by atoms with Crippen LogP contribution < -0.4 is 0 Å². The molecule has 4 heteroatoms. The van der Waals surface area contributed by atoms with Crippen molar-refractivity contribution in [2.24, 2.45) is 0 Å². The quantitative estimate of drug-likeness (QED) is 0.856. The Morgan fingerprint density at radius 1 is 1.60 bits per heavy atom. The highest BCUT2D eigenvalue weighted by Gasteiger charge is 2.08. The van der Waals surface area contributed by atoms with E-state index in [-0.39, 0.29) is 11.1 Å². The van der Waals surface area contributed by atoms with Gasteiger partial charge in [-0.05, 0) is 34.5 Å². The van der Waals surface area contributed by atoms with Gasteiger partial charge in [0.2, 0.25) is 0 Å². The topological polar surface area (TPSA) is 37.3 Å². The fourth-order valence-corrected chi connectivity index (χ4v) is 1.52. The summed E-state index contributed by atoms with van der Waals surface area (Å²) in [7, 11) is 0. The Labute approximate surface area is 95.6 Å². The van der Waals surface area contributed by atoms with Gasteiger partial charge in [0.1, 0.15) is 5.82 Å². The molecule has 0 aromatic heterocycles. The highest BCUT2D eigenvalue weighted by Crippen LogP contribution is 2.21. The van der Waals surface area contributed by atoms with Gasteiger partial charge >= 0.3 is 5.97 Å². The van der Waals surface area contributed by atoms with Crippen molar-refractivity contribution in [2.75, 3.05) is 0 Å². The van der Waals surface area contributed by atoms with Crippen LogP contribution >= 0.6 is 15.9 Å². The van der Waals surface area contributed by atoms with Crippen LogP contribution in [0.3, 0.4) is 0 Å². The summed E-state index contributed by atoms with van der Waals surface area (Å²) in [5.74, 6) is -1.46. The van der Waals surface area contributed by atoms with Crippen molar-refractivity contribution in [1.29, 1.82) is 0 Å². The Hall–Kier alpha value is -1.16. The van der Waals surface area contributed by atoms with E-state index in [9.17, 15) is 9.18 Å². The van der Waals surface area contributed by atoms with E-state index < -0.39 is 11.8 Å². The molecule has 0 heterocycles. The van der Waals surface area contributed by atoms with Gasteiger partial charge in [-0.2, -0.15) is 0 Å². The average Bonchev–Trinajstić information content (AvgIpc) is 2.19. The molecule has 1 aromatic carbocycles. The van der Waals surface area contributed by atoms with Crippen molar-refractivity contribution in [2.45, 2.75) is 13.3 Å². The summed E-state index contributed by atoms with van der Waals surface area (Å²) in [5, 5.41) is 8.79. The van der Waals surface area contributed by atoms with Crippen LogP contribution in [0.2, 0.25) is 0 Å². The molecule has 0 aliphatic carbocycles. The summed E-state index contributed by atoms with van der Waals surface area (Å²) >= 11 is 3.04. The maximum Gasteiger partial charge on any atom is 0.331 e. The highest BCUT2D eigenvalue weighted by atomic mass is 79.9. The maximum absolute atomic E-state index is 13.5. The first kappa shape index (κ1) is 11.9. The Morgan fingerprint density at radius 3 is 2.80 bits per heavy atom. The minimum Gasteiger partial charge on any atom is -0.478 e. The Kier molecular flexibility index (Phi) is 4.03. The molecule has 2 nitrogen and oxygen atoms in total. The van der Waals surface area contributed by atoms with Crippen LogP contribution in [0.1, 0.15) is 18.9 Å². The van der Waals surface area contributed by atoms with Gasteiger partial charge in [-0.3, -0.25) is 0 Å². The van der Waals surface area contributed by atoms with Crippen molar-refractivity contribution in [1.82, 2.24) is 0 Å². The molecular formula is C11H10BrFO2. The summed E-state index contributed by atoms with van der Waals surface area (Å²) in [6, 6.07) is 4.77. The summed E-state index contributed by atoms with van der Waals surface area (Å²) in [6.45, 7) is 1.72. The molecule has 0 saturated carbocycles. The molecule has 0 aliphatic heterocycles. The van der Waals surface area contributed by atoms with Crippen molar-refractivity contribution in [3.05, 3.63) is 39.6 Å². The Morgan fingerprint density at radius 2 is 2.27 bits per heavy atom. The molecule has 0 aliphatic rings. The normalized spacial score (nSPS) is 11.5. The number of carboxylic acid groups (broad SMARTS) is 1. The number of hydrogen-bond donors (Lipinski definition) is 1. The molecule has 0 saturated heterocycles. The largest absolute Gasteiger partial charge is 0.478 e. The smallest absolute Gasteiger partial charge is 0.331 e. The van der Waals surface area contributed by atoms with Crippen LogP contribution in [0.15, 0.2) is 28.2 Å². The maximum atomic E-state index is 13.5. The zero-order chi connectivity index (χ0) is 11.4. The Balaban J connectivity index is 3.17. The first-order valence-electron chi connectivity index (χ1n) is 4.44. The van der Waals surface area contributed by atoms with E-state index in [1.54, 1.807) is 25.1 Å². The van der Waals surface area contributed by atoms with Crippen LogP contribution in [-0.4, -0.2) is 11.1 Å². The summed E-state index contributed by atoms with van der Waals surface area (Å²) in [5.41, 5.74) is 0.468. The van der Waals surface area contributed by atoms with Gasteiger partial charge in [0.15, 0.2) is 0 Å². The average molecular weight is 273 g/mol. The van der Waals surface area contributed by atoms with Crippen LogP contribution in [0.25, 0.3) is 6.08 Å². The van der Waals surface area contributed by atoms with Gasteiger partial charge in [-0.15, -0.1) is 0 Å². The van der Waals surface area contributed by atoms with E-state index >= 15 is 0 Å². The first-order valence-corrected chi connectivity index (χ1v) is 5.23. The molecule has 0 fully saturated rings. The van der Waals surface area contributed by atoms with Crippen molar-refractivity contribution in [3.63, 3.8) is 0 Å². The van der Waals surface area contributed by atoms with Crippen LogP contribution in [0.4, 0.5) is 4.39 Å². The van der Waals surface area contributed by atoms with E-state index in [0.29, 0.717) is 10.9 Å². The molecule has 0 atom stereocenters. The van der Waals surface area contributed by atoms with E-state index in [0.717, 1.165) is 0 Å². The number of halogens is 2. The lowest BCUT2D eigenvalue weighted by Crippen LogP contribution is -1.99. The molecule has 0 amide bonds. The molecule has 0 radical (unpaired) electrons. The fourth-order valence-electron chi connectivity index (χ4n) is 1.13. The van der Waals surface area contributed by atoms with Crippen molar-refractivity contribution in [3.8, 4) is 0 Å². The second-order valence-electron chi connectivity index (χ2n) is 2.97. The number of carboxylic acids is 1. The lowest BCUT2D eigenvalue weighted by Gasteiger charge is -2.01. The minimum atomic E-state index is -1.02. The van der Waals surface area contributed by atoms with Crippen molar-refractivity contribution < 1.29 is 14.3 Å². The predicted octanol–water partition coefficient (Wildman–Crippen LogP) is 3.47. The molecule has 15 heavy (non-hydrogen) atoms. The number of rotatable bonds is 3. The fraction of sp³-hybridized carbons (Fsp3) is 0.182. The second kappa shape index (κ2) is 5.07. The number of carbonyl (C=O) groups is 1. The summed E-state index contributed by atoms with van der Waals surface area (Å²) in [6.07, 6.45) is 1.71. The number of benzene rings is 1.